The average Bonchev–Trinajstić information content (AvgIpc) is 2.41. The van der Waals surface area contributed by atoms with Gasteiger partial charge in [-0.1, -0.05) is 6.42 Å². The number of rotatable bonds is 9. The number of esters is 1. The van der Waals surface area contributed by atoms with Gasteiger partial charge in [-0.15, -0.1) is 0 Å². The van der Waals surface area contributed by atoms with Crippen LogP contribution in [0.4, 0.5) is 0 Å². The summed E-state index contributed by atoms with van der Waals surface area (Å²) >= 11 is 0. The Kier molecular flexibility index (Phi) is 11.0. The van der Waals surface area contributed by atoms with E-state index in [4.69, 9.17) is 4.74 Å². The van der Waals surface area contributed by atoms with E-state index in [1.165, 1.54) is 7.11 Å². The molecule has 0 aliphatic rings. The Morgan fingerprint density at radius 1 is 1.26 bits per heavy atom. The standard InChI is InChI=1S/C13H27N3O3/c1-11(10-18-3)16-13(14-2)15-9-7-5-6-8-12(17)19-4/h11H,5-10H2,1-4H3,(H2,14,15,16). The molecule has 0 aromatic carbocycles. The Morgan fingerprint density at radius 2 is 2.00 bits per heavy atom. The van der Waals surface area contributed by atoms with Crippen molar-refractivity contribution in [1.82, 2.24) is 10.6 Å². The van der Waals surface area contributed by atoms with E-state index in [0.29, 0.717) is 13.0 Å². The Morgan fingerprint density at radius 3 is 2.58 bits per heavy atom. The molecule has 0 saturated carbocycles. The quantitative estimate of drug-likeness (QED) is 0.283. The van der Waals surface area contributed by atoms with Crippen LogP contribution in [-0.2, 0) is 14.3 Å². The van der Waals surface area contributed by atoms with E-state index in [1.807, 2.05) is 6.92 Å². The van der Waals surface area contributed by atoms with Crippen LogP contribution >= 0.6 is 0 Å². The molecule has 1 atom stereocenters. The van der Waals surface area contributed by atoms with Crippen molar-refractivity contribution in [2.75, 3.05) is 34.4 Å². The average molecular weight is 273 g/mol. The third kappa shape index (κ3) is 10.3. The maximum atomic E-state index is 10.9. The number of carbonyl (C=O) groups is 1. The molecular weight excluding hydrogens is 246 g/mol. The number of ether oxygens (including phenoxy) is 2. The molecule has 0 amide bonds. The molecule has 0 aromatic heterocycles. The summed E-state index contributed by atoms with van der Waals surface area (Å²) < 4.78 is 9.63. The molecule has 112 valence electrons. The normalized spacial score (nSPS) is 12.9. The third-order valence-electron chi connectivity index (χ3n) is 2.60. The Hall–Kier alpha value is -1.30. The molecule has 2 N–H and O–H groups in total. The number of methoxy groups -OCH3 is 2. The summed E-state index contributed by atoms with van der Waals surface area (Å²) in [5.41, 5.74) is 0. The van der Waals surface area contributed by atoms with Gasteiger partial charge in [0.1, 0.15) is 0 Å². The van der Waals surface area contributed by atoms with Crippen LogP contribution in [0.1, 0.15) is 32.6 Å². The number of carbonyl (C=O) groups excluding carboxylic acids is 1. The van der Waals surface area contributed by atoms with Gasteiger partial charge in [0.15, 0.2) is 5.96 Å². The van der Waals surface area contributed by atoms with Gasteiger partial charge < -0.3 is 20.1 Å². The van der Waals surface area contributed by atoms with Crippen molar-refractivity contribution in [3.05, 3.63) is 0 Å². The summed E-state index contributed by atoms with van der Waals surface area (Å²) in [6.07, 6.45) is 3.35. The number of guanidine groups is 1. The SMILES string of the molecule is CN=C(NCCCCCC(=O)OC)NC(C)COC. The van der Waals surface area contributed by atoms with Gasteiger partial charge in [-0.3, -0.25) is 9.79 Å². The van der Waals surface area contributed by atoms with Crippen molar-refractivity contribution >= 4 is 11.9 Å². The van der Waals surface area contributed by atoms with Gasteiger partial charge in [0.05, 0.1) is 13.7 Å². The molecule has 6 nitrogen and oxygen atoms in total. The van der Waals surface area contributed by atoms with E-state index in [1.54, 1.807) is 14.2 Å². The Balaban J connectivity index is 3.60. The van der Waals surface area contributed by atoms with Gasteiger partial charge in [0.2, 0.25) is 0 Å². The molecule has 0 fully saturated rings. The van der Waals surface area contributed by atoms with Crippen LogP contribution < -0.4 is 10.6 Å². The van der Waals surface area contributed by atoms with E-state index < -0.39 is 0 Å². The fourth-order valence-electron chi connectivity index (χ4n) is 1.60. The van der Waals surface area contributed by atoms with Crippen LogP contribution in [-0.4, -0.2) is 52.4 Å². The number of hydrogen-bond donors (Lipinski definition) is 2. The topological polar surface area (TPSA) is 72.0 Å². The highest BCUT2D eigenvalue weighted by Gasteiger charge is 2.04. The Bertz CT molecular complexity index is 270. The minimum atomic E-state index is -0.140. The van der Waals surface area contributed by atoms with E-state index >= 15 is 0 Å². The minimum absolute atomic E-state index is 0.140. The first-order valence-corrected chi connectivity index (χ1v) is 6.67. The molecule has 0 radical (unpaired) electrons. The van der Waals surface area contributed by atoms with Crippen molar-refractivity contribution < 1.29 is 14.3 Å². The highest BCUT2D eigenvalue weighted by atomic mass is 16.5. The maximum Gasteiger partial charge on any atom is 0.305 e. The second-order valence-electron chi connectivity index (χ2n) is 4.39. The zero-order chi connectivity index (χ0) is 14.5. The number of hydrogen-bond acceptors (Lipinski definition) is 4. The summed E-state index contributed by atoms with van der Waals surface area (Å²) in [6, 6.07) is 0.218. The van der Waals surface area contributed by atoms with Crippen LogP contribution in [0.2, 0.25) is 0 Å². The van der Waals surface area contributed by atoms with Crippen LogP contribution in [0.5, 0.6) is 0 Å². The van der Waals surface area contributed by atoms with Crippen molar-refractivity contribution in [3.63, 3.8) is 0 Å². The Labute approximate surface area is 116 Å². The van der Waals surface area contributed by atoms with Crippen LogP contribution in [0.3, 0.4) is 0 Å². The fraction of sp³-hybridized carbons (Fsp3) is 0.846. The summed E-state index contributed by atoms with van der Waals surface area (Å²) in [7, 11) is 4.84. The minimum Gasteiger partial charge on any atom is -0.469 e. The van der Waals surface area contributed by atoms with Gasteiger partial charge in [-0.05, 0) is 19.8 Å². The highest BCUT2D eigenvalue weighted by molar-refractivity contribution is 5.79. The van der Waals surface area contributed by atoms with Crippen LogP contribution in [0, 0.1) is 0 Å². The van der Waals surface area contributed by atoms with Crippen LogP contribution in [0.25, 0.3) is 0 Å². The summed E-state index contributed by atoms with van der Waals surface area (Å²) in [6.45, 7) is 3.51. The zero-order valence-electron chi connectivity index (χ0n) is 12.5. The largest absolute Gasteiger partial charge is 0.469 e. The molecule has 0 rings (SSSR count). The lowest BCUT2D eigenvalue weighted by Gasteiger charge is -2.17. The monoisotopic (exact) mass is 273 g/mol. The van der Waals surface area contributed by atoms with E-state index in [9.17, 15) is 4.79 Å². The molecule has 0 aromatic rings. The second-order valence-corrected chi connectivity index (χ2v) is 4.39. The highest BCUT2D eigenvalue weighted by Crippen LogP contribution is 1.99. The summed E-state index contributed by atoms with van der Waals surface area (Å²) in [4.78, 5) is 15.0. The van der Waals surface area contributed by atoms with Gasteiger partial charge in [-0.25, -0.2) is 0 Å². The molecule has 19 heavy (non-hydrogen) atoms. The number of unbranched alkanes of at least 4 members (excludes halogenated alkanes) is 2. The molecule has 0 saturated heterocycles. The summed E-state index contributed by atoms with van der Waals surface area (Å²) in [5.74, 6) is 0.636. The van der Waals surface area contributed by atoms with Crippen molar-refractivity contribution in [2.24, 2.45) is 4.99 Å². The maximum absolute atomic E-state index is 10.9. The van der Waals surface area contributed by atoms with Gasteiger partial charge >= 0.3 is 5.97 Å². The van der Waals surface area contributed by atoms with E-state index in [0.717, 1.165) is 31.8 Å². The second kappa shape index (κ2) is 11.8. The lowest BCUT2D eigenvalue weighted by molar-refractivity contribution is -0.140. The molecule has 0 spiro atoms. The lowest BCUT2D eigenvalue weighted by Crippen LogP contribution is -2.44. The summed E-state index contributed by atoms with van der Waals surface area (Å²) in [5, 5.41) is 6.45. The zero-order valence-corrected chi connectivity index (χ0v) is 12.5. The van der Waals surface area contributed by atoms with Crippen molar-refractivity contribution in [2.45, 2.75) is 38.6 Å². The first-order valence-electron chi connectivity index (χ1n) is 6.67. The molecule has 6 heteroatoms. The van der Waals surface area contributed by atoms with Gasteiger partial charge in [-0.2, -0.15) is 0 Å². The third-order valence-corrected chi connectivity index (χ3v) is 2.60. The molecule has 0 aliphatic carbocycles. The predicted octanol–water partition coefficient (Wildman–Crippen LogP) is 0.920. The lowest BCUT2D eigenvalue weighted by atomic mass is 10.2. The van der Waals surface area contributed by atoms with Gasteiger partial charge in [0.25, 0.3) is 0 Å². The van der Waals surface area contributed by atoms with Crippen LogP contribution in [0.15, 0.2) is 4.99 Å². The fourth-order valence-corrected chi connectivity index (χ4v) is 1.60. The van der Waals surface area contributed by atoms with E-state index in [-0.39, 0.29) is 12.0 Å². The molecule has 1 unspecified atom stereocenters. The van der Waals surface area contributed by atoms with Crippen molar-refractivity contribution in [1.29, 1.82) is 0 Å². The van der Waals surface area contributed by atoms with Gasteiger partial charge in [0, 0.05) is 33.2 Å². The predicted molar refractivity (Wildman–Crippen MR) is 76.3 cm³/mol. The molecule has 0 aliphatic heterocycles. The molecule has 0 heterocycles. The molecular formula is C13H27N3O3. The number of nitrogens with zero attached hydrogens (tertiary/aromatic N) is 1. The van der Waals surface area contributed by atoms with Crippen molar-refractivity contribution in [3.8, 4) is 0 Å². The van der Waals surface area contributed by atoms with E-state index in [2.05, 4.69) is 20.4 Å². The smallest absolute Gasteiger partial charge is 0.305 e. The number of nitrogens with one attached hydrogen (secondary N) is 2. The number of aliphatic imine (C=N–C) groups is 1. The molecule has 0 bridgehead atoms. The first kappa shape index (κ1) is 17.7. The first-order chi connectivity index (χ1) is 9.13.